The van der Waals surface area contributed by atoms with Gasteiger partial charge in [-0.1, -0.05) is 60.7 Å². The molecule has 0 heterocycles. The van der Waals surface area contributed by atoms with Gasteiger partial charge in [-0.15, -0.1) is 0 Å². The van der Waals surface area contributed by atoms with Crippen molar-refractivity contribution in [2.75, 3.05) is 6.61 Å². The van der Waals surface area contributed by atoms with Crippen molar-refractivity contribution in [3.05, 3.63) is 65.7 Å². The average molecular weight is 252 g/mol. The van der Waals surface area contributed by atoms with Gasteiger partial charge in [0.2, 0.25) is 0 Å². The third-order valence-corrected chi connectivity index (χ3v) is 3.03. The Balaban J connectivity index is 2.12. The second-order valence-corrected chi connectivity index (χ2v) is 4.46. The fourth-order valence-electron chi connectivity index (χ4n) is 1.99. The smallest absolute Gasteiger partial charge is 0.0716 e. The number of allylic oxidation sites excluding steroid dienone is 1. The molecular formula is C18H20O. The molecule has 1 nitrogen and oxygen atoms in total. The Morgan fingerprint density at radius 2 is 1.47 bits per heavy atom. The Hall–Kier alpha value is -1.86. The minimum absolute atomic E-state index is 0.691. The van der Waals surface area contributed by atoms with Crippen LogP contribution in [0.3, 0.4) is 0 Å². The number of hydrogen-bond donors (Lipinski definition) is 0. The van der Waals surface area contributed by atoms with E-state index in [0.717, 1.165) is 6.61 Å². The molecule has 0 N–H and O–H groups in total. The quantitative estimate of drug-likeness (QED) is 0.733. The molecule has 2 aromatic rings. The summed E-state index contributed by atoms with van der Waals surface area (Å²) >= 11 is 0. The molecule has 0 fully saturated rings. The highest BCUT2D eigenvalue weighted by molar-refractivity contribution is 5.65. The summed E-state index contributed by atoms with van der Waals surface area (Å²) in [7, 11) is 0. The Morgan fingerprint density at radius 1 is 0.895 bits per heavy atom. The van der Waals surface area contributed by atoms with Crippen LogP contribution in [-0.4, -0.2) is 6.61 Å². The molecule has 0 aromatic heterocycles. The van der Waals surface area contributed by atoms with Crippen molar-refractivity contribution in [1.82, 2.24) is 0 Å². The van der Waals surface area contributed by atoms with E-state index < -0.39 is 0 Å². The van der Waals surface area contributed by atoms with Gasteiger partial charge in [-0.2, -0.15) is 0 Å². The lowest BCUT2D eigenvalue weighted by molar-refractivity contribution is 0.134. The van der Waals surface area contributed by atoms with Crippen LogP contribution >= 0.6 is 0 Å². The molecule has 0 atom stereocenters. The van der Waals surface area contributed by atoms with Crippen molar-refractivity contribution < 1.29 is 4.74 Å². The molecule has 0 amide bonds. The number of benzene rings is 2. The van der Waals surface area contributed by atoms with Crippen LogP contribution in [-0.2, 0) is 11.3 Å². The molecule has 2 aromatic carbocycles. The normalized spacial score (nSPS) is 11.1. The van der Waals surface area contributed by atoms with Gasteiger partial charge in [0.15, 0.2) is 0 Å². The van der Waals surface area contributed by atoms with Gasteiger partial charge in [0.05, 0.1) is 6.61 Å². The third-order valence-electron chi connectivity index (χ3n) is 3.03. The van der Waals surface area contributed by atoms with Crippen molar-refractivity contribution in [3.8, 4) is 11.1 Å². The number of ether oxygens (including phenoxy) is 1. The van der Waals surface area contributed by atoms with Crippen LogP contribution in [0.2, 0.25) is 0 Å². The summed E-state index contributed by atoms with van der Waals surface area (Å²) in [4.78, 5) is 0. The third kappa shape index (κ3) is 3.80. The fourth-order valence-corrected chi connectivity index (χ4v) is 1.99. The molecule has 0 unspecified atom stereocenters. The van der Waals surface area contributed by atoms with Gasteiger partial charge in [0, 0.05) is 6.61 Å². The highest BCUT2D eigenvalue weighted by atomic mass is 16.5. The van der Waals surface area contributed by atoms with Crippen molar-refractivity contribution in [2.24, 2.45) is 0 Å². The maximum absolute atomic E-state index is 5.40. The molecule has 0 aliphatic carbocycles. The molecule has 1 heteroatoms. The second kappa shape index (κ2) is 6.91. The van der Waals surface area contributed by atoms with Crippen molar-refractivity contribution in [1.29, 1.82) is 0 Å². The molecule has 0 spiro atoms. The highest BCUT2D eigenvalue weighted by Gasteiger charge is 1.98. The van der Waals surface area contributed by atoms with Crippen molar-refractivity contribution in [2.45, 2.75) is 20.5 Å². The van der Waals surface area contributed by atoms with Gasteiger partial charge in [0.1, 0.15) is 0 Å². The summed E-state index contributed by atoms with van der Waals surface area (Å²) in [6.45, 7) is 5.50. The van der Waals surface area contributed by atoms with Crippen LogP contribution < -0.4 is 0 Å². The van der Waals surface area contributed by atoms with Gasteiger partial charge in [-0.3, -0.25) is 0 Å². The summed E-state index contributed by atoms with van der Waals surface area (Å²) in [5.41, 5.74) is 4.94. The highest BCUT2D eigenvalue weighted by Crippen LogP contribution is 2.21. The first-order chi connectivity index (χ1) is 9.33. The predicted molar refractivity (Wildman–Crippen MR) is 81.9 cm³/mol. The van der Waals surface area contributed by atoms with Crippen LogP contribution in [0.15, 0.2) is 54.6 Å². The van der Waals surface area contributed by atoms with Gasteiger partial charge in [-0.25, -0.2) is 0 Å². The van der Waals surface area contributed by atoms with Gasteiger partial charge in [0.25, 0.3) is 0 Å². The van der Waals surface area contributed by atoms with E-state index in [1.807, 2.05) is 13.8 Å². The van der Waals surface area contributed by atoms with E-state index >= 15 is 0 Å². The summed E-state index contributed by atoms with van der Waals surface area (Å²) in [6.07, 6.45) is 4.16. The van der Waals surface area contributed by atoms with E-state index in [4.69, 9.17) is 4.74 Å². The van der Waals surface area contributed by atoms with Gasteiger partial charge < -0.3 is 4.74 Å². The summed E-state index contributed by atoms with van der Waals surface area (Å²) in [5, 5.41) is 0. The Bertz CT molecular complexity index is 521. The van der Waals surface area contributed by atoms with E-state index in [2.05, 4.69) is 60.7 Å². The van der Waals surface area contributed by atoms with Crippen molar-refractivity contribution in [3.63, 3.8) is 0 Å². The van der Waals surface area contributed by atoms with E-state index in [1.165, 1.54) is 22.3 Å². The van der Waals surface area contributed by atoms with E-state index in [-0.39, 0.29) is 0 Å². The molecular weight excluding hydrogens is 232 g/mol. The minimum Gasteiger partial charge on any atom is -0.377 e. The molecule has 2 rings (SSSR count). The molecule has 98 valence electrons. The fraction of sp³-hybridized carbons (Fsp3) is 0.222. The largest absolute Gasteiger partial charge is 0.377 e. The van der Waals surface area contributed by atoms with Crippen LogP contribution in [0.1, 0.15) is 25.0 Å². The first-order valence-electron chi connectivity index (χ1n) is 6.73. The zero-order valence-corrected chi connectivity index (χ0v) is 11.6. The number of rotatable bonds is 5. The first kappa shape index (κ1) is 13.6. The van der Waals surface area contributed by atoms with Gasteiger partial charge >= 0.3 is 0 Å². The second-order valence-electron chi connectivity index (χ2n) is 4.46. The van der Waals surface area contributed by atoms with Crippen LogP contribution in [0.25, 0.3) is 17.2 Å². The average Bonchev–Trinajstić information content (AvgIpc) is 2.47. The van der Waals surface area contributed by atoms with E-state index in [9.17, 15) is 0 Å². The lowest BCUT2D eigenvalue weighted by Gasteiger charge is -2.05. The first-order valence-corrected chi connectivity index (χ1v) is 6.73. The maximum atomic E-state index is 5.40. The van der Waals surface area contributed by atoms with E-state index in [1.54, 1.807) is 0 Å². The Labute approximate surface area is 115 Å². The Morgan fingerprint density at radius 3 is 2.00 bits per heavy atom. The monoisotopic (exact) mass is 252 g/mol. The zero-order valence-electron chi connectivity index (χ0n) is 11.6. The lowest BCUT2D eigenvalue weighted by atomic mass is 10.0. The molecule has 0 radical (unpaired) electrons. The minimum atomic E-state index is 0.691. The SMILES string of the molecule is C/C=C\c1ccc(-c2ccc(COCC)cc2)cc1. The topological polar surface area (TPSA) is 9.23 Å². The van der Waals surface area contributed by atoms with Crippen LogP contribution in [0, 0.1) is 0 Å². The molecule has 0 bridgehead atoms. The summed E-state index contributed by atoms with van der Waals surface area (Å²) < 4.78 is 5.40. The van der Waals surface area contributed by atoms with E-state index in [0.29, 0.717) is 6.61 Å². The van der Waals surface area contributed by atoms with Crippen LogP contribution in [0.4, 0.5) is 0 Å². The predicted octanol–water partition coefficient (Wildman–Crippen LogP) is 4.92. The zero-order chi connectivity index (χ0) is 13.5. The standard InChI is InChI=1S/C18H20O/c1-3-5-15-6-10-17(11-7-15)18-12-8-16(9-13-18)14-19-4-2/h3,5-13H,4,14H2,1-2H3/b5-3-. The maximum Gasteiger partial charge on any atom is 0.0716 e. The van der Waals surface area contributed by atoms with Crippen molar-refractivity contribution >= 4 is 6.08 Å². The van der Waals surface area contributed by atoms with Gasteiger partial charge in [-0.05, 0) is 36.1 Å². The molecule has 0 aliphatic rings. The molecule has 0 saturated carbocycles. The van der Waals surface area contributed by atoms with Crippen LogP contribution in [0.5, 0.6) is 0 Å². The summed E-state index contributed by atoms with van der Waals surface area (Å²) in [5.74, 6) is 0. The summed E-state index contributed by atoms with van der Waals surface area (Å²) in [6, 6.07) is 17.2. The molecule has 0 saturated heterocycles. The Kier molecular flexibility index (Phi) is 4.93. The molecule has 0 aliphatic heterocycles. The number of hydrogen-bond acceptors (Lipinski definition) is 1. The molecule has 19 heavy (non-hydrogen) atoms. The lowest BCUT2D eigenvalue weighted by Crippen LogP contribution is -1.91.